The number of carbonyl (C=O) groups excluding carboxylic acids is 1. The van der Waals surface area contributed by atoms with E-state index in [1.807, 2.05) is 43.9 Å². The van der Waals surface area contributed by atoms with Crippen LogP contribution in [0.25, 0.3) is 15.9 Å². The molecular weight excluding hydrogens is 426 g/mol. The summed E-state index contributed by atoms with van der Waals surface area (Å²) >= 11 is 2.96. The van der Waals surface area contributed by atoms with Crippen LogP contribution in [0.3, 0.4) is 0 Å². The molecule has 31 heavy (non-hydrogen) atoms. The summed E-state index contributed by atoms with van der Waals surface area (Å²) in [4.78, 5) is 35.6. The maximum Gasteiger partial charge on any atom is 0.267 e. The van der Waals surface area contributed by atoms with Gasteiger partial charge >= 0.3 is 0 Å². The van der Waals surface area contributed by atoms with Crippen molar-refractivity contribution in [2.24, 2.45) is 0 Å². The number of nitrogens with zero attached hydrogens (tertiary/aromatic N) is 3. The maximum atomic E-state index is 13.8. The molecule has 1 fully saturated rings. The second-order valence-corrected chi connectivity index (χ2v) is 10.8. The lowest BCUT2D eigenvalue weighted by Gasteiger charge is -2.21. The third-order valence-electron chi connectivity index (χ3n) is 6.00. The second-order valence-electron chi connectivity index (χ2n) is 8.29. The zero-order valence-corrected chi connectivity index (χ0v) is 20.5. The van der Waals surface area contributed by atoms with E-state index in [1.54, 1.807) is 15.9 Å². The number of aromatic nitrogens is 2. The molecular formula is C24H29N3O2S2. The van der Waals surface area contributed by atoms with Crippen molar-refractivity contribution < 1.29 is 4.79 Å². The Morgan fingerprint density at radius 2 is 1.94 bits per heavy atom. The standard InChI is InChI=1S/C24H29N3O2S2/c1-6-18-16(4)30-21-20(18)23(29)27(19-13-14(2)9-10-15(19)3)24(25-21)31-17(5)22(28)26-11-7-8-12-26/h9-10,13,17H,6-8,11-12H2,1-5H3. The highest BCUT2D eigenvalue weighted by atomic mass is 32.2. The topological polar surface area (TPSA) is 55.2 Å². The summed E-state index contributed by atoms with van der Waals surface area (Å²) in [6, 6.07) is 6.12. The number of carbonyl (C=O) groups is 1. The zero-order chi connectivity index (χ0) is 22.3. The minimum absolute atomic E-state index is 0.0387. The lowest BCUT2D eigenvalue weighted by atomic mass is 10.1. The lowest BCUT2D eigenvalue weighted by molar-refractivity contribution is -0.129. The van der Waals surface area contributed by atoms with Gasteiger partial charge in [-0.25, -0.2) is 4.98 Å². The summed E-state index contributed by atoms with van der Waals surface area (Å²) in [5, 5.41) is 1.01. The summed E-state index contributed by atoms with van der Waals surface area (Å²) < 4.78 is 1.73. The number of amides is 1. The predicted molar refractivity (Wildman–Crippen MR) is 130 cm³/mol. The number of fused-ring (bicyclic) bond motifs is 1. The van der Waals surface area contributed by atoms with Gasteiger partial charge in [0.2, 0.25) is 5.91 Å². The Morgan fingerprint density at radius 3 is 2.61 bits per heavy atom. The van der Waals surface area contributed by atoms with Crippen molar-refractivity contribution in [3.05, 3.63) is 50.1 Å². The molecule has 3 aromatic rings. The van der Waals surface area contributed by atoms with E-state index < -0.39 is 0 Å². The van der Waals surface area contributed by atoms with E-state index in [0.717, 1.165) is 64.4 Å². The van der Waals surface area contributed by atoms with Crippen LogP contribution in [-0.2, 0) is 11.2 Å². The molecule has 5 nitrogen and oxygen atoms in total. The summed E-state index contributed by atoms with van der Waals surface area (Å²) in [6.07, 6.45) is 2.93. The molecule has 0 spiro atoms. The fraction of sp³-hybridized carbons (Fsp3) is 0.458. The van der Waals surface area contributed by atoms with Crippen LogP contribution in [0.5, 0.6) is 0 Å². The van der Waals surface area contributed by atoms with Crippen molar-refractivity contribution >= 4 is 39.2 Å². The van der Waals surface area contributed by atoms with E-state index in [1.165, 1.54) is 11.8 Å². The molecule has 1 aromatic carbocycles. The van der Waals surface area contributed by atoms with Crippen LogP contribution in [0, 0.1) is 20.8 Å². The Kier molecular flexibility index (Phi) is 6.26. The average molecular weight is 456 g/mol. The van der Waals surface area contributed by atoms with Crippen molar-refractivity contribution in [2.45, 2.75) is 64.3 Å². The third-order valence-corrected chi connectivity index (χ3v) is 8.08. The van der Waals surface area contributed by atoms with E-state index in [-0.39, 0.29) is 16.7 Å². The van der Waals surface area contributed by atoms with E-state index in [0.29, 0.717) is 10.5 Å². The largest absolute Gasteiger partial charge is 0.342 e. The van der Waals surface area contributed by atoms with Gasteiger partial charge in [-0.1, -0.05) is 30.8 Å². The lowest BCUT2D eigenvalue weighted by Crippen LogP contribution is -2.34. The minimum atomic E-state index is -0.300. The van der Waals surface area contributed by atoms with Crippen molar-refractivity contribution in [3.63, 3.8) is 0 Å². The monoisotopic (exact) mass is 455 g/mol. The maximum absolute atomic E-state index is 13.8. The molecule has 0 N–H and O–H groups in total. The summed E-state index contributed by atoms with van der Waals surface area (Å²) in [5.41, 5.74) is 3.98. The molecule has 7 heteroatoms. The number of thioether (sulfide) groups is 1. The van der Waals surface area contributed by atoms with Gasteiger partial charge in [-0.15, -0.1) is 11.3 Å². The van der Waals surface area contributed by atoms with Gasteiger partial charge in [0.1, 0.15) is 4.83 Å². The molecule has 0 radical (unpaired) electrons. The molecule has 1 aliphatic heterocycles. The first kappa shape index (κ1) is 22.1. The highest BCUT2D eigenvalue weighted by Gasteiger charge is 2.27. The molecule has 3 heterocycles. The fourth-order valence-electron chi connectivity index (χ4n) is 4.28. The fourth-order valence-corrected chi connectivity index (χ4v) is 6.44. The highest BCUT2D eigenvalue weighted by molar-refractivity contribution is 8.00. The molecule has 0 bridgehead atoms. The van der Waals surface area contributed by atoms with Gasteiger partial charge in [0.15, 0.2) is 5.16 Å². The highest BCUT2D eigenvalue weighted by Crippen LogP contribution is 2.33. The van der Waals surface area contributed by atoms with Gasteiger partial charge in [-0.3, -0.25) is 14.2 Å². The Labute approximate surface area is 191 Å². The normalized spacial score (nSPS) is 15.1. The van der Waals surface area contributed by atoms with E-state index in [4.69, 9.17) is 4.98 Å². The van der Waals surface area contributed by atoms with Crippen LogP contribution in [0.4, 0.5) is 0 Å². The Morgan fingerprint density at radius 1 is 1.23 bits per heavy atom. The quantitative estimate of drug-likeness (QED) is 0.400. The molecule has 1 unspecified atom stereocenters. The van der Waals surface area contributed by atoms with E-state index >= 15 is 0 Å². The van der Waals surface area contributed by atoms with Crippen LogP contribution < -0.4 is 5.56 Å². The summed E-state index contributed by atoms with van der Waals surface area (Å²) in [5.74, 6) is 0.126. The third kappa shape index (κ3) is 4.05. The van der Waals surface area contributed by atoms with Crippen LogP contribution in [0.15, 0.2) is 28.2 Å². The SMILES string of the molecule is CCc1c(C)sc2nc(SC(C)C(=O)N3CCCC3)n(-c3cc(C)ccc3C)c(=O)c12. The molecule has 1 saturated heterocycles. The van der Waals surface area contributed by atoms with Gasteiger partial charge in [-0.2, -0.15) is 0 Å². The van der Waals surface area contributed by atoms with Crippen molar-refractivity contribution in [1.29, 1.82) is 0 Å². The van der Waals surface area contributed by atoms with Gasteiger partial charge in [-0.05, 0) is 69.7 Å². The van der Waals surface area contributed by atoms with Gasteiger partial charge in [0.25, 0.3) is 5.56 Å². The van der Waals surface area contributed by atoms with E-state index in [2.05, 4.69) is 13.8 Å². The molecule has 1 aliphatic rings. The second kappa shape index (κ2) is 8.79. The number of thiophene rings is 1. The van der Waals surface area contributed by atoms with Crippen LogP contribution in [0.2, 0.25) is 0 Å². The minimum Gasteiger partial charge on any atom is -0.342 e. The van der Waals surface area contributed by atoms with Crippen molar-refractivity contribution in [2.75, 3.05) is 13.1 Å². The molecule has 1 atom stereocenters. The van der Waals surface area contributed by atoms with Crippen LogP contribution in [-0.4, -0.2) is 38.7 Å². The van der Waals surface area contributed by atoms with E-state index in [9.17, 15) is 9.59 Å². The Bertz CT molecular complexity index is 1210. The number of hydrogen-bond donors (Lipinski definition) is 0. The molecule has 2 aromatic heterocycles. The number of hydrogen-bond acceptors (Lipinski definition) is 5. The number of rotatable bonds is 5. The van der Waals surface area contributed by atoms with Crippen molar-refractivity contribution in [3.8, 4) is 5.69 Å². The molecule has 0 saturated carbocycles. The summed E-state index contributed by atoms with van der Waals surface area (Å²) in [7, 11) is 0. The van der Waals surface area contributed by atoms with Gasteiger partial charge < -0.3 is 4.90 Å². The van der Waals surface area contributed by atoms with Crippen molar-refractivity contribution in [1.82, 2.24) is 14.5 Å². The Balaban J connectivity index is 1.90. The first-order valence-electron chi connectivity index (χ1n) is 10.9. The first-order chi connectivity index (χ1) is 14.8. The molecule has 1 amide bonds. The van der Waals surface area contributed by atoms with Crippen LogP contribution in [0.1, 0.15) is 48.3 Å². The summed E-state index contributed by atoms with van der Waals surface area (Å²) in [6.45, 7) is 11.7. The number of aryl methyl sites for hydroxylation is 4. The Hall–Kier alpha value is -2.12. The number of likely N-dealkylation sites (tertiary alicyclic amines) is 1. The predicted octanol–water partition coefficient (Wildman–Crippen LogP) is 5.04. The molecule has 164 valence electrons. The zero-order valence-electron chi connectivity index (χ0n) is 18.8. The number of benzene rings is 1. The van der Waals surface area contributed by atoms with Gasteiger partial charge in [0, 0.05) is 18.0 Å². The molecule has 0 aliphatic carbocycles. The average Bonchev–Trinajstić information content (AvgIpc) is 3.37. The molecule has 4 rings (SSSR count). The van der Waals surface area contributed by atoms with Gasteiger partial charge in [0.05, 0.1) is 16.3 Å². The van der Waals surface area contributed by atoms with Crippen LogP contribution >= 0.6 is 23.1 Å². The first-order valence-corrected chi connectivity index (χ1v) is 12.6. The smallest absolute Gasteiger partial charge is 0.267 e.